The molecule has 0 radical (unpaired) electrons. The van der Waals surface area contributed by atoms with Crippen LogP contribution in [-0.2, 0) is 13.1 Å². The first-order valence-electron chi connectivity index (χ1n) is 4.66. The smallest absolute Gasteiger partial charge is 0.396 e. The first-order valence-corrected chi connectivity index (χ1v) is 4.66. The fourth-order valence-electron chi connectivity index (χ4n) is 1.30. The third-order valence-corrected chi connectivity index (χ3v) is 1.90. The third-order valence-electron chi connectivity index (χ3n) is 1.90. The van der Waals surface area contributed by atoms with Crippen molar-refractivity contribution in [2.75, 3.05) is 5.73 Å². The molecule has 2 N–H and O–H groups in total. The van der Waals surface area contributed by atoms with Gasteiger partial charge in [-0.1, -0.05) is 5.21 Å². The Morgan fingerprint density at radius 1 is 1.24 bits per heavy atom. The number of nitrogens with two attached hydrogens (primary N) is 1. The molecule has 0 spiro atoms. The zero-order valence-corrected chi connectivity index (χ0v) is 8.59. The molecule has 0 aliphatic rings. The molecule has 0 atom stereocenters. The van der Waals surface area contributed by atoms with Gasteiger partial charge >= 0.3 is 6.18 Å². The molecule has 0 saturated carbocycles. The number of hydrogen-bond acceptors (Lipinski definition) is 4. The summed E-state index contributed by atoms with van der Waals surface area (Å²) in [5, 5.41) is 10.9. The molecule has 2 rings (SSSR count). The fraction of sp³-hybridized carbons (Fsp3) is 0.375. The van der Waals surface area contributed by atoms with Crippen molar-refractivity contribution in [2.24, 2.45) is 0 Å². The van der Waals surface area contributed by atoms with Crippen LogP contribution < -0.4 is 5.73 Å². The summed E-state index contributed by atoms with van der Waals surface area (Å²) in [7, 11) is 0. The highest BCUT2D eigenvalue weighted by molar-refractivity contribution is 5.30. The predicted octanol–water partition coefficient (Wildman–Crippen LogP) is 0.667. The monoisotopic (exact) mass is 246 g/mol. The Balaban J connectivity index is 2.03. The number of hydrogen-bond donors (Lipinski definition) is 1. The van der Waals surface area contributed by atoms with E-state index in [1.54, 1.807) is 6.20 Å². The first kappa shape index (κ1) is 11.4. The molecule has 92 valence electrons. The van der Waals surface area contributed by atoms with Crippen LogP contribution >= 0.6 is 0 Å². The van der Waals surface area contributed by atoms with Crippen molar-refractivity contribution in [3.05, 3.63) is 24.3 Å². The van der Waals surface area contributed by atoms with Crippen LogP contribution in [0.5, 0.6) is 0 Å². The van der Waals surface area contributed by atoms with E-state index >= 15 is 0 Å². The van der Waals surface area contributed by atoms with Gasteiger partial charge in [0.15, 0.2) is 0 Å². The summed E-state index contributed by atoms with van der Waals surface area (Å²) in [6.07, 6.45) is -0.0740. The number of rotatable bonds is 3. The number of halogens is 3. The molecular weight excluding hydrogens is 237 g/mol. The summed E-state index contributed by atoms with van der Waals surface area (Å²) in [4.78, 5) is 0. The number of anilines is 1. The van der Waals surface area contributed by atoms with E-state index in [0.717, 1.165) is 4.68 Å². The molecule has 0 aliphatic heterocycles. The van der Waals surface area contributed by atoms with E-state index in [1.165, 1.54) is 17.1 Å². The second-order valence-electron chi connectivity index (χ2n) is 3.49. The Labute approximate surface area is 93.8 Å². The van der Waals surface area contributed by atoms with Gasteiger partial charge in [-0.3, -0.25) is 4.68 Å². The summed E-state index contributed by atoms with van der Waals surface area (Å²) >= 11 is 0. The third kappa shape index (κ3) is 3.20. The highest BCUT2D eigenvalue weighted by Crippen LogP contribution is 2.16. The summed E-state index contributed by atoms with van der Waals surface area (Å²) in [6, 6.07) is 0. The Hall–Kier alpha value is -2.06. The minimum atomic E-state index is -4.30. The Morgan fingerprint density at radius 3 is 2.59 bits per heavy atom. The van der Waals surface area contributed by atoms with Crippen molar-refractivity contribution in [2.45, 2.75) is 19.3 Å². The summed E-state index contributed by atoms with van der Waals surface area (Å²) in [5.74, 6) is 0. The Bertz CT molecular complexity index is 499. The average molecular weight is 246 g/mol. The van der Waals surface area contributed by atoms with Crippen molar-refractivity contribution in [3.63, 3.8) is 0 Å². The number of nitrogen functional groups attached to an aromatic ring is 1. The quantitative estimate of drug-likeness (QED) is 0.863. The maximum atomic E-state index is 12.1. The van der Waals surface area contributed by atoms with Gasteiger partial charge in [0.1, 0.15) is 12.2 Å². The molecule has 17 heavy (non-hydrogen) atoms. The molecule has 0 aromatic carbocycles. The second-order valence-corrected chi connectivity index (χ2v) is 3.49. The Kier molecular flexibility index (Phi) is 2.74. The fourth-order valence-corrected chi connectivity index (χ4v) is 1.30. The lowest BCUT2D eigenvalue weighted by Gasteiger charge is -2.03. The van der Waals surface area contributed by atoms with E-state index in [9.17, 15) is 13.2 Å². The minimum absolute atomic E-state index is 0.231. The minimum Gasteiger partial charge on any atom is -0.396 e. The molecule has 9 heteroatoms. The van der Waals surface area contributed by atoms with Gasteiger partial charge < -0.3 is 5.73 Å². The zero-order valence-electron chi connectivity index (χ0n) is 8.59. The van der Waals surface area contributed by atoms with E-state index < -0.39 is 12.7 Å². The average Bonchev–Trinajstić information content (AvgIpc) is 2.74. The number of aromatic nitrogens is 5. The van der Waals surface area contributed by atoms with Gasteiger partial charge in [0.05, 0.1) is 24.6 Å². The van der Waals surface area contributed by atoms with Crippen molar-refractivity contribution in [3.8, 4) is 0 Å². The van der Waals surface area contributed by atoms with Crippen molar-refractivity contribution in [1.29, 1.82) is 0 Å². The lowest BCUT2D eigenvalue weighted by Crippen LogP contribution is -2.18. The molecule has 2 aromatic rings. The molecule has 0 amide bonds. The largest absolute Gasteiger partial charge is 0.408 e. The highest BCUT2D eigenvalue weighted by atomic mass is 19.4. The standard InChI is InChI=1S/C8H9F3N6/c9-8(10,11)5-17-4-7(14-15-17)3-16-2-6(12)1-13-16/h1-2,4H,3,5,12H2. The molecule has 0 fully saturated rings. The SMILES string of the molecule is Nc1cnn(Cc2cn(CC(F)(F)F)nn2)c1. The van der Waals surface area contributed by atoms with Gasteiger partial charge in [-0.2, -0.15) is 18.3 Å². The van der Waals surface area contributed by atoms with E-state index in [4.69, 9.17) is 5.73 Å². The van der Waals surface area contributed by atoms with Crippen molar-refractivity contribution >= 4 is 5.69 Å². The molecule has 0 bridgehead atoms. The highest BCUT2D eigenvalue weighted by Gasteiger charge is 2.28. The maximum Gasteiger partial charge on any atom is 0.408 e. The lowest BCUT2D eigenvalue weighted by molar-refractivity contribution is -0.142. The zero-order chi connectivity index (χ0) is 12.5. The lowest BCUT2D eigenvalue weighted by atomic mass is 10.5. The molecule has 2 heterocycles. The van der Waals surface area contributed by atoms with Gasteiger partial charge in [0, 0.05) is 6.20 Å². The van der Waals surface area contributed by atoms with Gasteiger partial charge in [-0.05, 0) is 0 Å². The second kappa shape index (κ2) is 4.07. The van der Waals surface area contributed by atoms with Gasteiger partial charge in [0.25, 0.3) is 0 Å². The van der Waals surface area contributed by atoms with Gasteiger partial charge in [0.2, 0.25) is 0 Å². The topological polar surface area (TPSA) is 74.5 Å². The van der Waals surface area contributed by atoms with Crippen LogP contribution in [0.15, 0.2) is 18.6 Å². The van der Waals surface area contributed by atoms with E-state index in [-0.39, 0.29) is 6.54 Å². The summed E-state index contributed by atoms with van der Waals surface area (Å²) in [5.41, 5.74) is 6.31. The summed E-state index contributed by atoms with van der Waals surface area (Å²) in [6.45, 7) is -0.920. The maximum absolute atomic E-state index is 12.1. The predicted molar refractivity (Wildman–Crippen MR) is 51.8 cm³/mol. The van der Waals surface area contributed by atoms with Crippen LogP contribution in [0.4, 0.5) is 18.9 Å². The van der Waals surface area contributed by atoms with Crippen LogP contribution in [0.25, 0.3) is 0 Å². The number of nitrogens with zero attached hydrogens (tertiary/aromatic N) is 5. The molecular formula is C8H9F3N6. The van der Waals surface area contributed by atoms with Crippen LogP contribution in [0, 0.1) is 0 Å². The first-order chi connectivity index (χ1) is 7.92. The Morgan fingerprint density at radius 2 is 2.00 bits per heavy atom. The van der Waals surface area contributed by atoms with E-state index in [0.29, 0.717) is 11.4 Å². The van der Waals surface area contributed by atoms with Gasteiger partial charge in [-0.25, -0.2) is 4.68 Å². The molecule has 6 nitrogen and oxygen atoms in total. The van der Waals surface area contributed by atoms with Gasteiger partial charge in [-0.15, -0.1) is 5.10 Å². The van der Waals surface area contributed by atoms with E-state index in [2.05, 4.69) is 15.4 Å². The van der Waals surface area contributed by atoms with E-state index in [1.807, 2.05) is 0 Å². The van der Waals surface area contributed by atoms with Crippen molar-refractivity contribution < 1.29 is 13.2 Å². The number of alkyl halides is 3. The molecule has 0 unspecified atom stereocenters. The van der Waals surface area contributed by atoms with Crippen LogP contribution in [0.1, 0.15) is 5.69 Å². The van der Waals surface area contributed by atoms with Crippen LogP contribution in [-0.4, -0.2) is 31.0 Å². The molecule has 0 saturated heterocycles. The summed E-state index contributed by atoms with van der Waals surface area (Å²) < 4.78 is 38.4. The molecule has 2 aromatic heterocycles. The van der Waals surface area contributed by atoms with Crippen molar-refractivity contribution in [1.82, 2.24) is 24.8 Å². The van der Waals surface area contributed by atoms with Crippen LogP contribution in [0.2, 0.25) is 0 Å². The van der Waals surface area contributed by atoms with Crippen LogP contribution in [0.3, 0.4) is 0 Å². The normalized spacial score (nSPS) is 11.9. The molecule has 0 aliphatic carbocycles.